The van der Waals surface area contributed by atoms with E-state index in [0.717, 1.165) is 26.0 Å². The lowest BCUT2D eigenvalue weighted by molar-refractivity contribution is -0.119. The van der Waals surface area contributed by atoms with Gasteiger partial charge in [0.1, 0.15) is 0 Å². The predicted octanol–water partition coefficient (Wildman–Crippen LogP) is 0.0144. The highest BCUT2D eigenvalue weighted by molar-refractivity contribution is 8.93. The lowest BCUT2D eigenvalue weighted by Crippen LogP contribution is -2.48. The van der Waals surface area contributed by atoms with Crippen LogP contribution in [-0.2, 0) is 4.79 Å². The second-order valence-electron chi connectivity index (χ2n) is 2.46. The zero-order chi connectivity index (χ0) is 6.69. The van der Waals surface area contributed by atoms with Crippen LogP contribution in [0, 0.1) is 0 Å². The summed E-state index contributed by atoms with van der Waals surface area (Å²) in [5.41, 5.74) is 0. The standard InChI is InChI=1S/C6H12N2O.BrH/c1-6-4-8(5-9)3-2-7-6;/h5-7H,2-4H2,1H3;1H. The van der Waals surface area contributed by atoms with E-state index in [1.807, 2.05) is 0 Å². The van der Waals surface area contributed by atoms with Crippen molar-refractivity contribution >= 4 is 23.4 Å². The molecule has 1 aliphatic rings. The molecule has 0 aliphatic carbocycles. The van der Waals surface area contributed by atoms with Gasteiger partial charge in [0.05, 0.1) is 0 Å². The van der Waals surface area contributed by atoms with E-state index in [-0.39, 0.29) is 17.0 Å². The molecule has 4 heteroatoms. The Morgan fingerprint density at radius 2 is 2.40 bits per heavy atom. The Labute approximate surface area is 71.5 Å². The fourth-order valence-electron chi connectivity index (χ4n) is 1.06. The highest BCUT2D eigenvalue weighted by atomic mass is 79.9. The van der Waals surface area contributed by atoms with Crippen molar-refractivity contribution in [2.45, 2.75) is 13.0 Å². The SMILES string of the molecule is Br.CC1CN(C=O)CCN1. The van der Waals surface area contributed by atoms with Crippen LogP contribution in [-0.4, -0.2) is 37.0 Å². The van der Waals surface area contributed by atoms with Crippen molar-refractivity contribution in [3.8, 4) is 0 Å². The average Bonchev–Trinajstić information content (AvgIpc) is 1.88. The molecule has 1 N–H and O–H groups in total. The Balaban J connectivity index is 0.000000810. The first-order valence-corrected chi connectivity index (χ1v) is 3.25. The molecule has 0 aromatic carbocycles. The number of carbonyl (C=O) groups excluding carboxylic acids is 1. The second-order valence-corrected chi connectivity index (χ2v) is 2.46. The van der Waals surface area contributed by atoms with E-state index in [1.165, 1.54) is 0 Å². The van der Waals surface area contributed by atoms with Gasteiger partial charge in [-0.3, -0.25) is 4.79 Å². The minimum atomic E-state index is 0. The van der Waals surface area contributed by atoms with Gasteiger partial charge >= 0.3 is 0 Å². The lowest BCUT2D eigenvalue weighted by Gasteiger charge is -2.28. The molecule has 1 unspecified atom stereocenters. The summed E-state index contributed by atoms with van der Waals surface area (Å²) in [6.07, 6.45) is 0.914. The normalized spacial score (nSPS) is 25.3. The molecule has 0 saturated carbocycles. The molecule has 0 bridgehead atoms. The van der Waals surface area contributed by atoms with Crippen LogP contribution >= 0.6 is 17.0 Å². The molecule has 10 heavy (non-hydrogen) atoms. The summed E-state index contributed by atoms with van der Waals surface area (Å²) in [4.78, 5) is 12.0. The predicted molar refractivity (Wildman–Crippen MR) is 45.4 cm³/mol. The maximum absolute atomic E-state index is 10.2. The Bertz CT molecular complexity index is 110. The summed E-state index contributed by atoms with van der Waals surface area (Å²) in [5, 5.41) is 3.25. The van der Waals surface area contributed by atoms with Crippen LogP contribution in [0.1, 0.15) is 6.92 Å². The number of nitrogens with zero attached hydrogens (tertiary/aromatic N) is 1. The van der Waals surface area contributed by atoms with Crippen molar-refractivity contribution in [1.29, 1.82) is 0 Å². The van der Waals surface area contributed by atoms with E-state index in [0.29, 0.717) is 6.04 Å². The molecule has 1 aliphatic heterocycles. The number of hydrogen-bond donors (Lipinski definition) is 1. The van der Waals surface area contributed by atoms with Crippen LogP contribution in [0.2, 0.25) is 0 Å². The zero-order valence-corrected chi connectivity index (χ0v) is 7.75. The summed E-state index contributed by atoms with van der Waals surface area (Å²) in [6, 6.07) is 0.462. The molecular weight excluding hydrogens is 196 g/mol. The van der Waals surface area contributed by atoms with Gasteiger partial charge in [-0.15, -0.1) is 17.0 Å². The van der Waals surface area contributed by atoms with E-state index in [2.05, 4.69) is 12.2 Å². The van der Waals surface area contributed by atoms with E-state index in [4.69, 9.17) is 0 Å². The number of nitrogens with one attached hydrogen (secondary N) is 1. The third-order valence-electron chi connectivity index (χ3n) is 1.55. The van der Waals surface area contributed by atoms with Gasteiger partial charge in [-0.1, -0.05) is 0 Å². The van der Waals surface area contributed by atoms with Crippen LogP contribution in [0.25, 0.3) is 0 Å². The summed E-state index contributed by atoms with van der Waals surface area (Å²) in [5.74, 6) is 0. The molecule has 0 radical (unpaired) electrons. The van der Waals surface area contributed by atoms with Crippen LogP contribution in [0.4, 0.5) is 0 Å². The van der Waals surface area contributed by atoms with Crippen molar-refractivity contribution < 1.29 is 4.79 Å². The van der Waals surface area contributed by atoms with Crippen molar-refractivity contribution in [3.63, 3.8) is 0 Å². The number of halogens is 1. The van der Waals surface area contributed by atoms with Gasteiger partial charge in [0.2, 0.25) is 6.41 Å². The molecule has 1 amide bonds. The van der Waals surface area contributed by atoms with Crippen molar-refractivity contribution in [3.05, 3.63) is 0 Å². The highest BCUT2D eigenvalue weighted by Gasteiger charge is 2.12. The van der Waals surface area contributed by atoms with Crippen LogP contribution in [0.15, 0.2) is 0 Å². The van der Waals surface area contributed by atoms with Gasteiger partial charge in [0, 0.05) is 25.7 Å². The van der Waals surface area contributed by atoms with Gasteiger partial charge < -0.3 is 10.2 Å². The van der Waals surface area contributed by atoms with Gasteiger partial charge in [0.25, 0.3) is 0 Å². The minimum absolute atomic E-state index is 0. The van der Waals surface area contributed by atoms with Crippen molar-refractivity contribution in [2.24, 2.45) is 0 Å². The fourth-order valence-corrected chi connectivity index (χ4v) is 1.06. The Morgan fingerprint density at radius 1 is 1.70 bits per heavy atom. The Kier molecular flexibility index (Phi) is 4.64. The Morgan fingerprint density at radius 3 is 2.80 bits per heavy atom. The quantitative estimate of drug-likeness (QED) is 0.617. The molecule has 0 aromatic rings. The molecular formula is C6H13BrN2O. The summed E-state index contributed by atoms with van der Waals surface area (Å²) >= 11 is 0. The molecule has 1 atom stereocenters. The number of piperazine rings is 1. The second kappa shape index (κ2) is 4.68. The summed E-state index contributed by atoms with van der Waals surface area (Å²) in [7, 11) is 0. The number of amides is 1. The molecule has 1 fully saturated rings. The minimum Gasteiger partial charge on any atom is -0.342 e. The van der Waals surface area contributed by atoms with E-state index < -0.39 is 0 Å². The topological polar surface area (TPSA) is 32.3 Å². The number of carbonyl (C=O) groups is 1. The molecule has 60 valence electrons. The first-order valence-electron chi connectivity index (χ1n) is 3.25. The summed E-state index contributed by atoms with van der Waals surface area (Å²) in [6.45, 7) is 4.72. The van der Waals surface area contributed by atoms with Crippen molar-refractivity contribution in [1.82, 2.24) is 10.2 Å². The third-order valence-corrected chi connectivity index (χ3v) is 1.55. The third kappa shape index (κ3) is 2.66. The van der Waals surface area contributed by atoms with Gasteiger partial charge in [-0.2, -0.15) is 0 Å². The first kappa shape index (κ1) is 9.91. The highest BCUT2D eigenvalue weighted by Crippen LogP contribution is 1.93. The maximum atomic E-state index is 10.2. The van der Waals surface area contributed by atoms with E-state index in [1.54, 1.807) is 4.90 Å². The monoisotopic (exact) mass is 208 g/mol. The molecule has 1 saturated heterocycles. The molecule has 0 spiro atoms. The number of hydrogen-bond acceptors (Lipinski definition) is 2. The van der Waals surface area contributed by atoms with Crippen molar-refractivity contribution in [2.75, 3.05) is 19.6 Å². The Hall–Kier alpha value is -0.0900. The summed E-state index contributed by atoms with van der Waals surface area (Å²) < 4.78 is 0. The van der Waals surface area contributed by atoms with Crippen LogP contribution in [0.3, 0.4) is 0 Å². The largest absolute Gasteiger partial charge is 0.342 e. The van der Waals surface area contributed by atoms with Gasteiger partial charge in [-0.05, 0) is 6.92 Å². The van der Waals surface area contributed by atoms with E-state index in [9.17, 15) is 4.79 Å². The lowest BCUT2D eigenvalue weighted by atomic mass is 10.2. The van der Waals surface area contributed by atoms with Gasteiger partial charge in [0.15, 0.2) is 0 Å². The molecule has 0 aromatic heterocycles. The van der Waals surface area contributed by atoms with Gasteiger partial charge in [-0.25, -0.2) is 0 Å². The molecule has 1 heterocycles. The van der Waals surface area contributed by atoms with Crippen LogP contribution < -0.4 is 5.32 Å². The average molecular weight is 209 g/mol. The first-order chi connectivity index (χ1) is 4.33. The number of rotatable bonds is 1. The van der Waals surface area contributed by atoms with E-state index >= 15 is 0 Å². The zero-order valence-electron chi connectivity index (χ0n) is 6.04. The molecule has 1 rings (SSSR count). The molecule has 3 nitrogen and oxygen atoms in total. The fraction of sp³-hybridized carbons (Fsp3) is 0.833. The van der Waals surface area contributed by atoms with Crippen LogP contribution in [0.5, 0.6) is 0 Å². The maximum Gasteiger partial charge on any atom is 0.209 e. The smallest absolute Gasteiger partial charge is 0.209 e.